The number of nitrogens with one attached hydrogen (secondary N) is 1. The van der Waals surface area contributed by atoms with E-state index in [0.717, 1.165) is 0 Å². The van der Waals surface area contributed by atoms with Crippen LogP contribution in [0.3, 0.4) is 0 Å². The number of hydrogen-bond donors (Lipinski definition) is 4. The largest absolute Gasteiger partial charge is 0.480 e. The molecular formula is C5H11NO6S. The summed E-state index contributed by atoms with van der Waals surface area (Å²) in [4.78, 5) is 10.0. The van der Waals surface area contributed by atoms with Crippen LogP contribution in [-0.4, -0.2) is 54.7 Å². The highest BCUT2D eigenvalue weighted by atomic mass is 32.2. The lowest BCUT2D eigenvalue weighted by atomic mass is 10.4. The lowest BCUT2D eigenvalue weighted by molar-refractivity contribution is -0.134. The molecule has 0 saturated carbocycles. The Bertz CT molecular complexity index is 256. The molecule has 0 aliphatic rings. The van der Waals surface area contributed by atoms with Crippen LogP contribution >= 0.6 is 0 Å². The molecule has 0 bridgehead atoms. The fourth-order valence-electron chi connectivity index (χ4n) is 0.590. The number of aliphatic hydroxyl groups is 2. The molecule has 0 fully saturated rings. The molecule has 0 amide bonds. The van der Waals surface area contributed by atoms with E-state index in [-0.39, 0.29) is 0 Å². The molecule has 0 saturated heterocycles. The van der Waals surface area contributed by atoms with Crippen molar-refractivity contribution < 1.29 is 28.5 Å². The monoisotopic (exact) mass is 213 g/mol. The molecule has 0 rings (SSSR count). The van der Waals surface area contributed by atoms with Gasteiger partial charge in [0.05, 0.1) is 19.3 Å². The van der Waals surface area contributed by atoms with E-state index in [0.29, 0.717) is 0 Å². The fraction of sp³-hybridized carbons (Fsp3) is 0.800. The number of carboxylic acid groups (broad SMARTS) is 1. The third-order valence-corrected chi connectivity index (χ3v) is 2.42. The van der Waals surface area contributed by atoms with Gasteiger partial charge in [0.25, 0.3) is 0 Å². The Morgan fingerprint density at radius 3 is 2.08 bits per heavy atom. The zero-order valence-corrected chi connectivity index (χ0v) is 7.49. The van der Waals surface area contributed by atoms with E-state index in [2.05, 4.69) is 0 Å². The summed E-state index contributed by atoms with van der Waals surface area (Å²) in [6, 6.07) is -1.05. The second kappa shape index (κ2) is 5.12. The van der Waals surface area contributed by atoms with Gasteiger partial charge in [0.15, 0.2) is 5.75 Å². The number of aliphatic hydroxyl groups excluding tert-OH is 2. The lowest BCUT2D eigenvalue weighted by Crippen LogP contribution is -2.42. The van der Waals surface area contributed by atoms with E-state index >= 15 is 0 Å². The van der Waals surface area contributed by atoms with Crippen LogP contribution in [0.5, 0.6) is 0 Å². The maximum atomic E-state index is 10.9. The Balaban J connectivity index is 4.24. The maximum Gasteiger partial charge on any atom is 0.320 e. The van der Waals surface area contributed by atoms with Crippen molar-refractivity contribution >= 4 is 16.0 Å². The number of rotatable bonds is 6. The van der Waals surface area contributed by atoms with Crippen LogP contribution < -0.4 is 4.72 Å². The third-order valence-electron chi connectivity index (χ3n) is 1.10. The first kappa shape index (κ1) is 12.3. The summed E-state index contributed by atoms with van der Waals surface area (Å²) in [5, 5.41) is 25.1. The first-order valence-corrected chi connectivity index (χ1v) is 5.00. The number of carboxylic acids is 1. The van der Waals surface area contributed by atoms with Gasteiger partial charge in [-0.1, -0.05) is 0 Å². The minimum atomic E-state index is -3.97. The predicted molar refractivity (Wildman–Crippen MR) is 42.5 cm³/mol. The van der Waals surface area contributed by atoms with Crippen molar-refractivity contribution in [2.24, 2.45) is 0 Å². The van der Waals surface area contributed by atoms with Crippen LogP contribution in [-0.2, 0) is 14.8 Å². The van der Waals surface area contributed by atoms with Gasteiger partial charge in [0.2, 0.25) is 10.0 Å². The summed E-state index contributed by atoms with van der Waals surface area (Å²) >= 11 is 0. The van der Waals surface area contributed by atoms with Gasteiger partial charge in [-0.3, -0.25) is 4.79 Å². The highest BCUT2D eigenvalue weighted by molar-refractivity contribution is 7.90. The minimum absolute atomic E-state index is 0.588. The number of carbonyl (C=O) groups is 1. The fourth-order valence-corrected chi connectivity index (χ4v) is 1.66. The number of sulfonamides is 1. The van der Waals surface area contributed by atoms with Crippen molar-refractivity contribution in [3.63, 3.8) is 0 Å². The van der Waals surface area contributed by atoms with Crippen LogP contribution in [0.15, 0.2) is 0 Å². The maximum absolute atomic E-state index is 10.9. The highest BCUT2D eigenvalue weighted by Crippen LogP contribution is 1.89. The molecule has 0 radical (unpaired) electrons. The molecule has 0 spiro atoms. The predicted octanol–water partition coefficient (Wildman–Crippen LogP) is -2.66. The summed E-state index contributed by atoms with van der Waals surface area (Å²) in [5.74, 6) is -2.58. The molecule has 0 heterocycles. The summed E-state index contributed by atoms with van der Waals surface area (Å²) in [5.41, 5.74) is 0. The molecule has 4 N–H and O–H groups in total. The van der Waals surface area contributed by atoms with Crippen LogP contribution in [0.25, 0.3) is 0 Å². The molecule has 78 valence electrons. The molecule has 0 aliphatic heterocycles. The zero-order chi connectivity index (χ0) is 10.5. The van der Waals surface area contributed by atoms with E-state index in [1.54, 1.807) is 0 Å². The molecular weight excluding hydrogens is 202 g/mol. The van der Waals surface area contributed by atoms with E-state index in [1.807, 2.05) is 4.72 Å². The Morgan fingerprint density at radius 2 is 1.77 bits per heavy atom. The van der Waals surface area contributed by atoms with E-state index < -0.39 is 41.0 Å². The van der Waals surface area contributed by atoms with Gasteiger partial charge in [-0.05, 0) is 0 Å². The van der Waals surface area contributed by atoms with E-state index in [9.17, 15) is 13.2 Å². The molecule has 13 heavy (non-hydrogen) atoms. The van der Waals surface area contributed by atoms with Gasteiger partial charge < -0.3 is 15.3 Å². The molecule has 0 atom stereocenters. The van der Waals surface area contributed by atoms with Crippen molar-refractivity contribution in [1.82, 2.24) is 4.72 Å². The Kier molecular flexibility index (Phi) is 4.85. The summed E-state index contributed by atoms with van der Waals surface area (Å²) in [7, 11) is -3.97. The van der Waals surface area contributed by atoms with Gasteiger partial charge >= 0.3 is 5.97 Å². The van der Waals surface area contributed by atoms with Gasteiger partial charge in [-0.15, -0.1) is 0 Å². The van der Waals surface area contributed by atoms with Crippen LogP contribution in [0, 0.1) is 0 Å². The Morgan fingerprint density at radius 1 is 1.31 bits per heavy atom. The topological polar surface area (TPSA) is 124 Å². The second-order valence-electron chi connectivity index (χ2n) is 2.33. The quantitative estimate of drug-likeness (QED) is 0.382. The minimum Gasteiger partial charge on any atom is -0.480 e. The van der Waals surface area contributed by atoms with Crippen LogP contribution in [0.2, 0.25) is 0 Å². The molecule has 7 nitrogen and oxygen atoms in total. The average Bonchev–Trinajstić information content (AvgIpc) is 1.97. The van der Waals surface area contributed by atoms with Gasteiger partial charge in [-0.25, -0.2) is 13.1 Å². The summed E-state index contributed by atoms with van der Waals surface area (Å²) < 4.78 is 23.5. The Labute approximate surface area is 75.1 Å². The normalized spacial score (nSPS) is 11.9. The third kappa shape index (κ3) is 5.53. The molecule has 0 aromatic rings. The zero-order valence-electron chi connectivity index (χ0n) is 6.67. The molecule has 0 aliphatic carbocycles. The average molecular weight is 213 g/mol. The van der Waals surface area contributed by atoms with Gasteiger partial charge in [-0.2, -0.15) is 0 Å². The molecule has 0 aromatic carbocycles. The van der Waals surface area contributed by atoms with Crippen molar-refractivity contribution in [2.75, 3.05) is 19.0 Å². The van der Waals surface area contributed by atoms with Crippen molar-refractivity contribution in [1.29, 1.82) is 0 Å². The van der Waals surface area contributed by atoms with Crippen LogP contribution in [0.1, 0.15) is 0 Å². The van der Waals surface area contributed by atoms with Crippen molar-refractivity contribution in [2.45, 2.75) is 6.04 Å². The highest BCUT2D eigenvalue weighted by Gasteiger charge is 2.19. The first-order valence-electron chi connectivity index (χ1n) is 3.35. The van der Waals surface area contributed by atoms with Crippen molar-refractivity contribution in [3.8, 4) is 0 Å². The van der Waals surface area contributed by atoms with Gasteiger partial charge in [0.1, 0.15) is 0 Å². The summed E-state index contributed by atoms with van der Waals surface area (Å²) in [6.07, 6.45) is 0. The molecule has 0 unspecified atom stereocenters. The van der Waals surface area contributed by atoms with E-state index in [1.165, 1.54) is 0 Å². The van der Waals surface area contributed by atoms with Crippen LogP contribution in [0.4, 0.5) is 0 Å². The smallest absolute Gasteiger partial charge is 0.320 e. The van der Waals surface area contributed by atoms with Crippen molar-refractivity contribution in [3.05, 3.63) is 0 Å². The Hall–Kier alpha value is -0.700. The van der Waals surface area contributed by atoms with Gasteiger partial charge in [0, 0.05) is 0 Å². The van der Waals surface area contributed by atoms with E-state index in [4.69, 9.17) is 15.3 Å². The second-order valence-corrected chi connectivity index (χ2v) is 4.09. The number of aliphatic carboxylic acids is 1. The summed E-state index contributed by atoms with van der Waals surface area (Å²) in [6.45, 7) is -1.18. The number of hydrogen-bond acceptors (Lipinski definition) is 5. The SMILES string of the molecule is O=C(O)CS(=O)(=O)NC(CO)CO. The molecule has 8 heteroatoms. The molecule has 0 aromatic heterocycles. The standard InChI is InChI=1S/C5H11NO6S/c7-1-4(2-8)6-13(11,12)3-5(9)10/h4,6-8H,1-3H2,(H,9,10). The lowest BCUT2D eigenvalue weighted by Gasteiger charge is -2.11. The first-order chi connectivity index (χ1) is 5.91.